The average molecular weight is 389 g/mol. The lowest BCUT2D eigenvalue weighted by Crippen LogP contribution is -2.20. The fraction of sp³-hybridized carbons (Fsp3) is 0.111. The minimum Gasteiger partial charge on any atom is -0.482 e. The molecule has 1 amide bonds. The number of aryl methyl sites for hydroxylation is 1. The molecule has 0 fully saturated rings. The molecule has 1 aromatic heterocycles. The molecule has 8 nitrogen and oxygen atoms in total. The SMILES string of the molecule is Cc1cc(=O)oc2cc(OCC(=O)Nc3cccc([N+](=O)[O-])c3)c(Cl)cc12. The van der Waals surface area contributed by atoms with Crippen LogP contribution in [0.4, 0.5) is 11.4 Å². The smallest absolute Gasteiger partial charge is 0.336 e. The Kier molecular flexibility index (Phi) is 5.09. The lowest BCUT2D eigenvalue weighted by molar-refractivity contribution is -0.384. The Balaban J connectivity index is 1.73. The third-order valence-electron chi connectivity index (χ3n) is 3.70. The number of ether oxygens (including phenoxy) is 1. The van der Waals surface area contributed by atoms with Crippen molar-refractivity contribution in [2.75, 3.05) is 11.9 Å². The van der Waals surface area contributed by atoms with Crippen LogP contribution in [0.5, 0.6) is 5.75 Å². The van der Waals surface area contributed by atoms with Gasteiger partial charge < -0.3 is 14.5 Å². The molecule has 1 N–H and O–H groups in total. The summed E-state index contributed by atoms with van der Waals surface area (Å²) >= 11 is 6.16. The van der Waals surface area contributed by atoms with Crippen LogP contribution >= 0.6 is 11.6 Å². The number of non-ortho nitro benzene ring substituents is 1. The number of carbonyl (C=O) groups excluding carboxylic acids is 1. The van der Waals surface area contributed by atoms with Crippen LogP contribution in [0.2, 0.25) is 5.02 Å². The quantitative estimate of drug-likeness (QED) is 0.405. The maximum Gasteiger partial charge on any atom is 0.336 e. The first-order chi connectivity index (χ1) is 12.8. The minimum absolute atomic E-state index is 0.142. The molecule has 0 atom stereocenters. The second kappa shape index (κ2) is 7.46. The summed E-state index contributed by atoms with van der Waals surface area (Å²) in [7, 11) is 0. The lowest BCUT2D eigenvalue weighted by atomic mass is 10.1. The highest BCUT2D eigenvalue weighted by Gasteiger charge is 2.12. The Morgan fingerprint density at radius 2 is 2.07 bits per heavy atom. The zero-order chi connectivity index (χ0) is 19.6. The van der Waals surface area contributed by atoms with Crippen molar-refractivity contribution in [3.05, 3.63) is 73.6 Å². The molecule has 0 aliphatic rings. The van der Waals surface area contributed by atoms with Crippen LogP contribution in [0.25, 0.3) is 11.0 Å². The summed E-state index contributed by atoms with van der Waals surface area (Å²) in [5.41, 5.74) is 0.619. The third-order valence-corrected chi connectivity index (χ3v) is 4.00. The molecule has 138 valence electrons. The van der Waals surface area contributed by atoms with Gasteiger partial charge in [0.1, 0.15) is 11.3 Å². The van der Waals surface area contributed by atoms with Crippen LogP contribution in [-0.2, 0) is 4.79 Å². The van der Waals surface area contributed by atoms with Gasteiger partial charge in [-0.05, 0) is 24.6 Å². The summed E-state index contributed by atoms with van der Waals surface area (Å²) in [5, 5.41) is 14.2. The first-order valence-electron chi connectivity index (χ1n) is 7.74. The van der Waals surface area contributed by atoms with Gasteiger partial charge in [-0.15, -0.1) is 0 Å². The molecule has 3 aromatic rings. The maximum atomic E-state index is 12.0. The Hall–Kier alpha value is -3.39. The van der Waals surface area contributed by atoms with E-state index < -0.39 is 16.5 Å². The number of nitro benzene ring substituents is 1. The summed E-state index contributed by atoms with van der Waals surface area (Å²) in [4.78, 5) is 33.7. The Bertz CT molecular complexity index is 1110. The van der Waals surface area contributed by atoms with Crippen molar-refractivity contribution in [3.8, 4) is 5.75 Å². The number of fused-ring (bicyclic) bond motifs is 1. The zero-order valence-corrected chi connectivity index (χ0v) is 14.8. The van der Waals surface area contributed by atoms with E-state index in [0.29, 0.717) is 16.5 Å². The van der Waals surface area contributed by atoms with E-state index in [1.54, 1.807) is 13.0 Å². The normalized spacial score (nSPS) is 10.6. The summed E-state index contributed by atoms with van der Waals surface area (Å²) < 4.78 is 10.5. The number of hydrogen-bond donors (Lipinski definition) is 1. The topological polar surface area (TPSA) is 112 Å². The number of amides is 1. The van der Waals surface area contributed by atoms with Crippen LogP contribution in [-0.4, -0.2) is 17.4 Å². The Morgan fingerprint density at radius 1 is 1.30 bits per heavy atom. The second-order valence-corrected chi connectivity index (χ2v) is 6.08. The molecule has 27 heavy (non-hydrogen) atoms. The van der Waals surface area contributed by atoms with E-state index in [1.165, 1.54) is 36.4 Å². The Morgan fingerprint density at radius 3 is 2.81 bits per heavy atom. The maximum absolute atomic E-state index is 12.0. The first kappa shape index (κ1) is 18.4. The summed E-state index contributed by atoms with van der Waals surface area (Å²) in [6.45, 7) is 1.37. The van der Waals surface area contributed by atoms with Crippen molar-refractivity contribution in [1.29, 1.82) is 0 Å². The molecule has 3 rings (SSSR count). The number of halogens is 1. The van der Waals surface area contributed by atoms with E-state index in [4.69, 9.17) is 20.8 Å². The van der Waals surface area contributed by atoms with Crippen molar-refractivity contribution in [3.63, 3.8) is 0 Å². The van der Waals surface area contributed by atoms with Gasteiger partial charge in [0, 0.05) is 35.3 Å². The van der Waals surface area contributed by atoms with Gasteiger partial charge in [-0.1, -0.05) is 17.7 Å². The fourth-order valence-corrected chi connectivity index (χ4v) is 2.69. The Labute approximate surface area is 157 Å². The number of rotatable bonds is 5. The van der Waals surface area contributed by atoms with Crippen molar-refractivity contribution in [2.24, 2.45) is 0 Å². The highest BCUT2D eigenvalue weighted by Crippen LogP contribution is 2.31. The van der Waals surface area contributed by atoms with Crippen LogP contribution in [0.15, 0.2) is 51.7 Å². The molecule has 1 heterocycles. The molecule has 0 spiro atoms. The molecule has 0 saturated carbocycles. The van der Waals surface area contributed by atoms with Gasteiger partial charge in [-0.25, -0.2) is 4.79 Å². The van der Waals surface area contributed by atoms with Crippen LogP contribution in [0.1, 0.15) is 5.56 Å². The number of anilines is 1. The molecule has 0 aliphatic carbocycles. The van der Waals surface area contributed by atoms with Crippen molar-refractivity contribution < 1.29 is 18.9 Å². The highest BCUT2D eigenvalue weighted by atomic mass is 35.5. The van der Waals surface area contributed by atoms with Crippen LogP contribution < -0.4 is 15.7 Å². The van der Waals surface area contributed by atoms with E-state index in [9.17, 15) is 19.7 Å². The predicted octanol–water partition coefficient (Wildman–Crippen LogP) is 3.68. The molecular weight excluding hydrogens is 376 g/mol. The van der Waals surface area contributed by atoms with Gasteiger partial charge in [0.25, 0.3) is 11.6 Å². The number of nitrogens with one attached hydrogen (secondary N) is 1. The zero-order valence-electron chi connectivity index (χ0n) is 14.0. The summed E-state index contributed by atoms with van der Waals surface area (Å²) in [6, 6.07) is 9.90. The van der Waals surface area contributed by atoms with Crippen molar-refractivity contribution in [1.82, 2.24) is 0 Å². The van der Waals surface area contributed by atoms with Crippen molar-refractivity contribution >= 4 is 39.9 Å². The molecule has 2 aromatic carbocycles. The third kappa shape index (κ3) is 4.24. The largest absolute Gasteiger partial charge is 0.482 e. The van der Waals surface area contributed by atoms with Gasteiger partial charge in [-0.3, -0.25) is 14.9 Å². The van der Waals surface area contributed by atoms with Gasteiger partial charge >= 0.3 is 5.63 Å². The van der Waals surface area contributed by atoms with Gasteiger partial charge in [0.2, 0.25) is 0 Å². The lowest BCUT2D eigenvalue weighted by Gasteiger charge is -2.10. The summed E-state index contributed by atoms with van der Waals surface area (Å²) in [6.07, 6.45) is 0. The number of nitrogens with zero attached hydrogens (tertiary/aromatic N) is 1. The molecule has 0 unspecified atom stereocenters. The molecule has 0 radical (unpaired) electrons. The standard InChI is InChI=1S/C18H13ClN2O6/c1-10-5-18(23)27-15-8-16(14(19)7-13(10)15)26-9-17(22)20-11-3-2-4-12(6-11)21(24)25/h2-8H,9H2,1H3,(H,20,22). The van der Waals surface area contributed by atoms with Gasteiger partial charge in [0.15, 0.2) is 6.61 Å². The number of carbonyl (C=O) groups is 1. The monoisotopic (exact) mass is 388 g/mol. The van der Waals surface area contributed by atoms with E-state index in [0.717, 1.165) is 0 Å². The number of benzene rings is 2. The van der Waals surface area contributed by atoms with Gasteiger partial charge in [0.05, 0.1) is 9.95 Å². The summed E-state index contributed by atoms with van der Waals surface area (Å²) in [5.74, 6) is -0.357. The molecule has 9 heteroatoms. The number of nitro groups is 1. The van der Waals surface area contributed by atoms with E-state index >= 15 is 0 Å². The predicted molar refractivity (Wildman–Crippen MR) is 99.5 cm³/mol. The fourth-order valence-electron chi connectivity index (χ4n) is 2.47. The molecule has 0 saturated heterocycles. The van der Waals surface area contributed by atoms with Crippen molar-refractivity contribution in [2.45, 2.75) is 6.92 Å². The minimum atomic E-state index is -0.559. The molecular formula is C18H13ClN2O6. The number of hydrogen-bond acceptors (Lipinski definition) is 6. The first-order valence-corrected chi connectivity index (χ1v) is 8.12. The van der Waals surface area contributed by atoms with E-state index in [1.807, 2.05) is 0 Å². The molecule has 0 aliphatic heterocycles. The van der Waals surface area contributed by atoms with Gasteiger partial charge in [-0.2, -0.15) is 0 Å². The van der Waals surface area contributed by atoms with E-state index in [2.05, 4.69) is 5.32 Å². The van der Waals surface area contributed by atoms with E-state index in [-0.39, 0.29) is 28.8 Å². The van der Waals surface area contributed by atoms with Crippen LogP contribution in [0.3, 0.4) is 0 Å². The average Bonchev–Trinajstić information content (AvgIpc) is 2.61. The van der Waals surface area contributed by atoms with Crippen LogP contribution in [0, 0.1) is 17.0 Å². The second-order valence-electron chi connectivity index (χ2n) is 5.67. The highest BCUT2D eigenvalue weighted by molar-refractivity contribution is 6.32. The molecule has 0 bridgehead atoms.